The van der Waals surface area contributed by atoms with Crippen molar-refractivity contribution in [3.63, 3.8) is 0 Å². The zero-order valence-electron chi connectivity index (χ0n) is 9.97. The molecule has 1 aromatic carbocycles. The number of hydrogen-bond acceptors (Lipinski definition) is 4. The highest BCUT2D eigenvalue weighted by molar-refractivity contribution is 6.09. The largest absolute Gasteiger partial charge is 0.496 e. The fraction of sp³-hybridized carbons (Fsp3) is 0.250. The number of aryl methyl sites for hydroxylation is 2. The number of ether oxygens (including phenoxy) is 1. The molecule has 0 amide bonds. The fourth-order valence-corrected chi connectivity index (χ4v) is 1.62. The van der Waals surface area contributed by atoms with Gasteiger partial charge in [0.1, 0.15) is 11.4 Å². The van der Waals surface area contributed by atoms with Crippen LogP contribution in [0, 0.1) is 6.92 Å². The van der Waals surface area contributed by atoms with Gasteiger partial charge in [-0.2, -0.15) is 0 Å². The molecule has 17 heavy (non-hydrogen) atoms. The molecule has 0 bridgehead atoms. The van der Waals surface area contributed by atoms with E-state index >= 15 is 0 Å². The normalized spacial score (nSPS) is 10.3. The molecule has 2 aromatic rings. The number of benzene rings is 1. The van der Waals surface area contributed by atoms with E-state index in [2.05, 4.69) is 10.3 Å². The molecule has 0 N–H and O–H groups in total. The molecule has 5 heteroatoms. The lowest BCUT2D eigenvalue weighted by molar-refractivity contribution is 0.102. The van der Waals surface area contributed by atoms with Gasteiger partial charge in [-0.25, -0.2) is 4.68 Å². The molecule has 0 aliphatic carbocycles. The van der Waals surface area contributed by atoms with E-state index in [1.165, 1.54) is 10.9 Å². The monoisotopic (exact) mass is 231 g/mol. The molecule has 2 rings (SSSR count). The zero-order chi connectivity index (χ0) is 12.4. The van der Waals surface area contributed by atoms with Crippen molar-refractivity contribution in [1.82, 2.24) is 15.0 Å². The quantitative estimate of drug-likeness (QED) is 0.748. The Morgan fingerprint density at radius 3 is 2.76 bits per heavy atom. The van der Waals surface area contributed by atoms with Crippen LogP contribution >= 0.6 is 0 Å². The van der Waals surface area contributed by atoms with Crippen LogP contribution in [0.2, 0.25) is 0 Å². The summed E-state index contributed by atoms with van der Waals surface area (Å²) in [5.74, 6) is 0.422. The van der Waals surface area contributed by atoms with Gasteiger partial charge in [-0.3, -0.25) is 4.79 Å². The first-order chi connectivity index (χ1) is 8.13. The van der Waals surface area contributed by atoms with E-state index in [1.807, 2.05) is 19.1 Å². The van der Waals surface area contributed by atoms with Gasteiger partial charge in [0, 0.05) is 7.05 Å². The van der Waals surface area contributed by atoms with Crippen molar-refractivity contribution in [1.29, 1.82) is 0 Å². The highest BCUT2D eigenvalue weighted by atomic mass is 16.5. The molecule has 0 saturated carbocycles. The first-order valence-corrected chi connectivity index (χ1v) is 5.17. The van der Waals surface area contributed by atoms with Crippen LogP contribution in [0.5, 0.6) is 5.75 Å². The second-order valence-electron chi connectivity index (χ2n) is 3.78. The van der Waals surface area contributed by atoms with E-state index in [9.17, 15) is 4.79 Å². The third-order valence-corrected chi connectivity index (χ3v) is 2.55. The summed E-state index contributed by atoms with van der Waals surface area (Å²) < 4.78 is 6.66. The number of ketones is 1. The number of rotatable bonds is 3. The molecule has 88 valence electrons. The Bertz CT molecular complexity index is 561. The molecule has 0 atom stereocenters. The van der Waals surface area contributed by atoms with Crippen LogP contribution in [-0.2, 0) is 7.05 Å². The average molecular weight is 231 g/mol. The van der Waals surface area contributed by atoms with Crippen molar-refractivity contribution in [3.8, 4) is 5.75 Å². The molecule has 1 aromatic heterocycles. The van der Waals surface area contributed by atoms with Crippen LogP contribution in [0.3, 0.4) is 0 Å². The summed E-state index contributed by atoms with van der Waals surface area (Å²) in [6.45, 7) is 1.95. The number of carbonyl (C=O) groups is 1. The summed E-state index contributed by atoms with van der Waals surface area (Å²) in [4.78, 5) is 12.2. The molecule has 0 fully saturated rings. The van der Waals surface area contributed by atoms with E-state index in [-0.39, 0.29) is 5.78 Å². The predicted octanol–water partition coefficient (Wildman–Crippen LogP) is 1.36. The number of nitrogens with zero attached hydrogens (tertiary/aromatic N) is 3. The molecule has 0 saturated heterocycles. The van der Waals surface area contributed by atoms with Crippen molar-refractivity contribution in [2.75, 3.05) is 7.11 Å². The summed E-state index contributed by atoms with van der Waals surface area (Å²) in [6, 6.07) is 5.46. The number of methoxy groups -OCH3 is 1. The lowest BCUT2D eigenvalue weighted by Crippen LogP contribution is -2.09. The Balaban J connectivity index is 2.48. The SMILES string of the molecule is COc1cc(C)ccc1C(=O)c1cnnn1C. The number of carbonyl (C=O) groups excluding carboxylic acids is 1. The van der Waals surface area contributed by atoms with Gasteiger partial charge in [-0.05, 0) is 24.6 Å². The van der Waals surface area contributed by atoms with Crippen molar-refractivity contribution in [2.24, 2.45) is 7.05 Å². The van der Waals surface area contributed by atoms with Gasteiger partial charge >= 0.3 is 0 Å². The van der Waals surface area contributed by atoms with Gasteiger partial charge in [0.15, 0.2) is 0 Å². The topological polar surface area (TPSA) is 57.0 Å². The van der Waals surface area contributed by atoms with Crippen molar-refractivity contribution in [3.05, 3.63) is 41.2 Å². The Morgan fingerprint density at radius 2 is 2.18 bits per heavy atom. The fourth-order valence-electron chi connectivity index (χ4n) is 1.62. The van der Waals surface area contributed by atoms with Crippen LogP contribution in [0.15, 0.2) is 24.4 Å². The van der Waals surface area contributed by atoms with Crippen LogP contribution in [-0.4, -0.2) is 27.9 Å². The van der Waals surface area contributed by atoms with Gasteiger partial charge in [-0.15, -0.1) is 5.10 Å². The molecular formula is C12H13N3O2. The Kier molecular flexibility index (Phi) is 2.91. The first kappa shape index (κ1) is 11.3. The molecule has 5 nitrogen and oxygen atoms in total. The zero-order valence-corrected chi connectivity index (χ0v) is 9.97. The Hall–Kier alpha value is -2.17. The molecule has 0 aliphatic heterocycles. The second-order valence-corrected chi connectivity index (χ2v) is 3.78. The average Bonchev–Trinajstić information content (AvgIpc) is 2.74. The minimum absolute atomic E-state index is 0.144. The van der Waals surface area contributed by atoms with Gasteiger partial charge in [0.2, 0.25) is 5.78 Å². The van der Waals surface area contributed by atoms with E-state index in [1.54, 1.807) is 20.2 Å². The van der Waals surface area contributed by atoms with Crippen molar-refractivity contribution >= 4 is 5.78 Å². The predicted molar refractivity (Wildman–Crippen MR) is 62.2 cm³/mol. The highest BCUT2D eigenvalue weighted by Gasteiger charge is 2.17. The number of aromatic nitrogens is 3. The first-order valence-electron chi connectivity index (χ1n) is 5.17. The van der Waals surface area contributed by atoms with Crippen molar-refractivity contribution < 1.29 is 9.53 Å². The second kappa shape index (κ2) is 4.37. The highest BCUT2D eigenvalue weighted by Crippen LogP contribution is 2.22. The minimum atomic E-state index is -0.144. The lowest BCUT2D eigenvalue weighted by Gasteiger charge is -2.08. The summed E-state index contributed by atoms with van der Waals surface area (Å²) in [6.07, 6.45) is 1.45. The Labute approximate surface area is 99.0 Å². The number of hydrogen-bond donors (Lipinski definition) is 0. The summed E-state index contributed by atoms with van der Waals surface area (Å²) in [5, 5.41) is 7.43. The van der Waals surface area contributed by atoms with E-state index in [4.69, 9.17) is 4.74 Å². The smallest absolute Gasteiger partial charge is 0.216 e. The van der Waals surface area contributed by atoms with Gasteiger partial charge in [-0.1, -0.05) is 11.3 Å². The van der Waals surface area contributed by atoms with Gasteiger partial charge in [0.05, 0.1) is 18.9 Å². The van der Waals surface area contributed by atoms with Crippen LogP contribution in [0.4, 0.5) is 0 Å². The summed E-state index contributed by atoms with van der Waals surface area (Å²) in [5.41, 5.74) is 2.00. The third-order valence-electron chi connectivity index (χ3n) is 2.55. The third kappa shape index (κ3) is 2.04. The molecule has 0 aliphatic rings. The maximum Gasteiger partial charge on any atom is 0.216 e. The lowest BCUT2D eigenvalue weighted by atomic mass is 10.1. The van der Waals surface area contributed by atoms with Crippen molar-refractivity contribution in [2.45, 2.75) is 6.92 Å². The molecule has 0 spiro atoms. The van der Waals surface area contributed by atoms with Gasteiger partial charge in [0.25, 0.3) is 0 Å². The minimum Gasteiger partial charge on any atom is -0.496 e. The molecule has 0 radical (unpaired) electrons. The van der Waals surface area contributed by atoms with Gasteiger partial charge < -0.3 is 4.74 Å². The maximum atomic E-state index is 12.2. The van der Waals surface area contributed by atoms with Crippen LogP contribution < -0.4 is 4.74 Å². The summed E-state index contributed by atoms with van der Waals surface area (Å²) >= 11 is 0. The Morgan fingerprint density at radius 1 is 1.41 bits per heavy atom. The molecular weight excluding hydrogens is 218 g/mol. The maximum absolute atomic E-state index is 12.2. The van der Waals surface area contributed by atoms with Crippen LogP contribution in [0.25, 0.3) is 0 Å². The standard InChI is InChI=1S/C12H13N3O2/c1-8-4-5-9(11(6-8)17-3)12(16)10-7-13-14-15(10)2/h4-7H,1-3H3. The van der Waals surface area contributed by atoms with Crippen LogP contribution in [0.1, 0.15) is 21.6 Å². The molecule has 0 unspecified atom stereocenters. The molecule has 1 heterocycles. The van der Waals surface area contributed by atoms with E-state index < -0.39 is 0 Å². The van der Waals surface area contributed by atoms with E-state index in [0.29, 0.717) is 17.0 Å². The summed E-state index contributed by atoms with van der Waals surface area (Å²) in [7, 11) is 3.23. The van der Waals surface area contributed by atoms with E-state index in [0.717, 1.165) is 5.56 Å².